The lowest BCUT2D eigenvalue weighted by Gasteiger charge is -2.24. The van der Waals surface area contributed by atoms with E-state index in [0.717, 1.165) is 21.0 Å². The molecular formula is C32H32N4O5S. The molecule has 0 saturated carbocycles. The summed E-state index contributed by atoms with van der Waals surface area (Å²) in [4.78, 5) is 24.9. The van der Waals surface area contributed by atoms with E-state index in [2.05, 4.69) is 15.8 Å². The minimum Gasteiger partial charge on any atom is -0.484 e. The first-order valence-corrected chi connectivity index (χ1v) is 14.7. The predicted octanol–water partition coefficient (Wildman–Crippen LogP) is 4.34. The molecule has 0 aliphatic heterocycles. The van der Waals surface area contributed by atoms with E-state index in [-0.39, 0.29) is 17.4 Å². The number of hydrogen-bond acceptors (Lipinski definition) is 6. The third-order valence-electron chi connectivity index (χ3n) is 6.17. The lowest BCUT2D eigenvalue weighted by molar-refractivity contribution is -0.123. The summed E-state index contributed by atoms with van der Waals surface area (Å²) in [7, 11) is -4.02. The van der Waals surface area contributed by atoms with Crippen LogP contribution in [0.15, 0.2) is 113 Å². The van der Waals surface area contributed by atoms with Crippen LogP contribution in [0.3, 0.4) is 0 Å². The second-order valence-corrected chi connectivity index (χ2v) is 11.4. The third kappa shape index (κ3) is 8.52. The van der Waals surface area contributed by atoms with Crippen LogP contribution >= 0.6 is 0 Å². The first kappa shape index (κ1) is 30.0. The number of sulfonamides is 1. The highest BCUT2D eigenvalue weighted by Crippen LogP contribution is 2.24. The van der Waals surface area contributed by atoms with Crippen LogP contribution < -0.4 is 19.8 Å². The smallest absolute Gasteiger partial charge is 0.264 e. The molecule has 42 heavy (non-hydrogen) atoms. The van der Waals surface area contributed by atoms with Crippen LogP contribution in [0.25, 0.3) is 0 Å². The number of benzene rings is 4. The number of hydrazone groups is 1. The zero-order valence-electron chi connectivity index (χ0n) is 23.4. The molecule has 0 fully saturated rings. The van der Waals surface area contributed by atoms with E-state index in [1.807, 2.05) is 50.2 Å². The van der Waals surface area contributed by atoms with Crippen molar-refractivity contribution in [2.75, 3.05) is 17.5 Å². The largest absolute Gasteiger partial charge is 0.484 e. The van der Waals surface area contributed by atoms with Gasteiger partial charge in [0.05, 0.1) is 16.8 Å². The van der Waals surface area contributed by atoms with Crippen molar-refractivity contribution in [2.24, 2.45) is 5.10 Å². The average molecular weight is 585 g/mol. The molecule has 0 radical (unpaired) electrons. The Morgan fingerprint density at radius 1 is 0.833 bits per heavy atom. The molecule has 0 saturated heterocycles. The Labute approximate surface area is 245 Å². The first-order chi connectivity index (χ1) is 20.2. The molecule has 216 valence electrons. The maximum Gasteiger partial charge on any atom is 0.264 e. The molecule has 2 N–H and O–H groups in total. The maximum atomic E-state index is 13.5. The van der Waals surface area contributed by atoms with Crippen molar-refractivity contribution in [3.63, 3.8) is 0 Å². The molecule has 10 heteroatoms. The van der Waals surface area contributed by atoms with Gasteiger partial charge in [-0.15, -0.1) is 0 Å². The number of carbonyl (C=O) groups is 2. The summed E-state index contributed by atoms with van der Waals surface area (Å²) in [6.45, 7) is 3.55. The summed E-state index contributed by atoms with van der Waals surface area (Å²) < 4.78 is 33.6. The summed E-state index contributed by atoms with van der Waals surface area (Å²) in [5.41, 5.74) is 6.22. The summed E-state index contributed by atoms with van der Waals surface area (Å²) in [6, 6.07) is 29.8. The second kappa shape index (κ2) is 14.1. The van der Waals surface area contributed by atoms with Crippen molar-refractivity contribution in [1.29, 1.82) is 0 Å². The molecule has 0 unspecified atom stereocenters. The molecule has 0 bridgehead atoms. The molecule has 0 aliphatic rings. The van der Waals surface area contributed by atoms with Gasteiger partial charge in [0.15, 0.2) is 6.61 Å². The van der Waals surface area contributed by atoms with E-state index in [1.54, 1.807) is 54.6 Å². The molecule has 2 amide bonds. The van der Waals surface area contributed by atoms with Gasteiger partial charge in [-0.25, -0.2) is 13.8 Å². The fourth-order valence-corrected chi connectivity index (χ4v) is 5.34. The molecule has 0 heterocycles. The Hall–Kier alpha value is -4.96. The quantitative estimate of drug-likeness (QED) is 0.190. The van der Waals surface area contributed by atoms with E-state index in [9.17, 15) is 18.0 Å². The van der Waals surface area contributed by atoms with Gasteiger partial charge in [-0.1, -0.05) is 60.2 Å². The highest BCUT2D eigenvalue weighted by Gasteiger charge is 2.27. The van der Waals surface area contributed by atoms with Crippen LogP contribution in [0.4, 0.5) is 5.69 Å². The highest BCUT2D eigenvalue weighted by atomic mass is 32.2. The Morgan fingerprint density at radius 3 is 2.24 bits per heavy atom. The maximum absolute atomic E-state index is 13.5. The molecule has 0 aromatic heterocycles. The molecule has 4 rings (SSSR count). The lowest BCUT2D eigenvalue weighted by atomic mass is 10.2. The Morgan fingerprint density at radius 2 is 1.55 bits per heavy atom. The Bertz CT molecular complexity index is 1640. The third-order valence-corrected chi connectivity index (χ3v) is 7.96. The van der Waals surface area contributed by atoms with E-state index in [1.165, 1.54) is 18.3 Å². The molecule has 0 atom stereocenters. The average Bonchev–Trinajstić information content (AvgIpc) is 2.99. The van der Waals surface area contributed by atoms with Crippen molar-refractivity contribution < 1.29 is 22.7 Å². The number of hydrogen-bond donors (Lipinski definition) is 2. The minimum absolute atomic E-state index is 0.0851. The number of anilines is 1. The van der Waals surface area contributed by atoms with Crippen LogP contribution in [0.2, 0.25) is 0 Å². The van der Waals surface area contributed by atoms with E-state index < -0.39 is 22.5 Å². The predicted molar refractivity (Wildman–Crippen MR) is 163 cm³/mol. The van der Waals surface area contributed by atoms with Gasteiger partial charge in [0.1, 0.15) is 12.3 Å². The lowest BCUT2D eigenvalue weighted by Crippen LogP contribution is -2.39. The number of ether oxygens (including phenoxy) is 1. The minimum atomic E-state index is -4.02. The van der Waals surface area contributed by atoms with Gasteiger partial charge in [0.25, 0.3) is 21.8 Å². The first-order valence-electron chi connectivity index (χ1n) is 13.2. The summed E-state index contributed by atoms with van der Waals surface area (Å²) in [5.74, 6) is -0.345. The number of amides is 2. The van der Waals surface area contributed by atoms with Crippen molar-refractivity contribution in [1.82, 2.24) is 10.7 Å². The molecule has 4 aromatic carbocycles. The topological polar surface area (TPSA) is 117 Å². The molecule has 0 spiro atoms. The van der Waals surface area contributed by atoms with Crippen LogP contribution in [0.1, 0.15) is 22.3 Å². The van der Waals surface area contributed by atoms with Gasteiger partial charge >= 0.3 is 0 Å². The Kier molecular flexibility index (Phi) is 10.1. The zero-order chi connectivity index (χ0) is 30.0. The van der Waals surface area contributed by atoms with Crippen molar-refractivity contribution in [3.8, 4) is 5.75 Å². The van der Waals surface area contributed by atoms with Crippen LogP contribution in [-0.4, -0.2) is 39.6 Å². The van der Waals surface area contributed by atoms with Crippen molar-refractivity contribution in [3.05, 3.63) is 125 Å². The van der Waals surface area contributed by atoms with Gasteiger partial charge < -0.3 is 10.1 Å². The van der Waals surface area contributed by atoms with Crippen LogP contribution in [0.5, 0.6) is 5.75 Å². The van der Waals surface area contributed by atoms with E-state index in [4.69, 9.17) is 4.74 Å². The number of nitrogens with zero attached hydrogens (tertiary/aromatic N) is 2. The number of carbonyl (C=O) groups excluding carboxylic acids is 2. The molecule has 0 aliphatic carbocycles. The number of rotatable bonds is 12. The van der Waals surface area contributed by atoms with Gasteiger partial charge in [0.2, 0.25) is 0 Å². The number of nitrogens with one attached hydrogen (secondary N) is 2. The van der Waals surface area contributed by atoms with Gasteiger partial charge in [-0.05, 0) is 79.1 Å². The summed E-state index contributed by atoms with van der Waals surface area (Å²) >= 11 is 0. The SMILES string of the molecule is Cc1ccc(S(=O)(=O)N(CC(=O)N/N=C\c2ccc(OCC(=O)NCc3ccccc3)cc2)c2cccc(C)c2)cc1. The standard InChI is InChI=1S/C32H32N4O5S/c1-24-11-17-30(18-12-24)42(39,40)36(28-10-6-7-25(2)19-28)22-31(37)35-34-21-27-13-15-29(16-14-27)41-23-32(38)33-20-26-8-4-3-5-9-26/h3-19,21H,20,22-23H2,1-2H3,(H,33,38)(H,35,37)/b34-21-. The summed E-state index contributed by atoms with van der Waals surface area (Å²) in [6.07, 6.45) is 1.43. The zero-order valence-corrected chi connectivity index (χ0v) is 24.2. The number of aryl methyl sites for hydroxylation is 2. The second-order valence-electron chi connectivity index (χ2n) is 9.58. The van der Waals surface area contributed by atoms with Crippen molar-refractivity contribution >= 4 is 33.7 Å². The van der Waals surface area contributed by atoms with E-state index in [0.29, 0.717) is 23.5 Å². The summed E-state index contributed by atoms with van der Waals surface area (Å²) in [5, 5.41) is 6.78. The van der Waals surface area contributed by atoms with Gasteiger partial charge in [0, 0.05) is 6.54 Å². The van der Waals surface area contributed by atoms with Crippen LogP contribution in [0, 0.1) is 13.8 Å². The fraction of sp³-hybridized carbons (Fsp3) is 0.156. The van der Waals surface area contributed by atoms with Gasteiger partial charge in [-0.3, -0.25) is 13.9 Å². The van der Waals surface area contributed by atoms with Crippen molar-refractivity contribution in [2.45, 2.75) is 25.3 Å². The monoisotopic (exact) mass is 584 g/mol. The highest BCUT2D eigenvalue weighted by molar-refractivity contribution is 7.92. The van der Waals surface area contributed by atoms with Crippen LogP contribution in [-0.2, 0) is 26.2 Å². The fourth-order valence-electron chi connectivity index (χ4n) is 3.93. The normalized spacial score (nSPS) is 11.2. The Balaban J connectivity index is 1.33. The molecular weight excluding hydrogens is 552 g/mol. The molecule has 4 aromatic rings. The van der Waals surface area contributed by atoms with E-state index >= 15 is 0 Å². The molecule has 9 nitrogen and oxygen atoms in total. The van der Waals surface area contributed by atoms with Gasteiger partial charge in [-0.2, -0.15) is 5.10 Å².